The molecular formula is C29H36N4O4. The molecule has 3 heterocycles. The van der Waals surface area contributed by atoms with Crippen LogP contribution in [0, 0.1) is 0 Å². The number of ether oxygens (including phenoxy) is 2. The van der Waals surface area contributed by atoms with E-state index in [9.17, 15) is 9.59 Å². The van der Waals surface area contributed by atoms with Crippen LogP contribution in [0.3, 0.4) is 0 Å². The summed E-state index contributed by atoms with van der Waals surface area (Å²) in [6, 6.07) is 15.4. The summed E-state index contributed by atoms with van der Waals surface area (Å²) in [5.41, 5.74) is 3.08. The molecular weight excluding hydrogens is 468 g/mol. The van der Waals surface area contributed by atoms with Crippen molar-refractivity contribution in [1.29, 1.82) is 0 Å². The zero-order chi connectivity index (χ0) is 26.2. The summed E-state index contributed by atoms with van der Waals surface area (Å²) in [4.78, 5) is 37.1. The minimum atomic E-state index is -0.926. The number of benzene rings is 2. The molecule has 0 saturated carbocycles. The second-order valence-electron chi connectivity index (χ2n) is 10.2. The summed E-state index contributed by atoms with van der Waals surface area (Å²) in [5, 5.41) is 1.03. The summed E-state index contributed by atoms with van der Waals surface area (Å²) < 4.78 is 11.0. The zero-order valence-electron chi connectivity index (χ0n) is 22.1. The van der Waals surface area contributed by atoms with Crippen LogP contribution in [0.25, 0.3) is 10.9 Å². The Hall–Kier alpha value is -3.36. The molecule has 2 aliphatic heterocycles. The Morgan fingerprint density at radius 1 is 1.11 bits per heavy atom. The quantitative estimate of drug-likeness (QED) is 0.331. The number of imide groups is 1. The number of aromatic amines is 1. The van der Waals surface area contributed by atoms with Crippen molar-refractivity contribution in [2.75, 3.05) is 47.5 Å². The SMILES string of the molecule is CCC12Cc3c([nH]c4ccc(OCCOC)cc34)C(c3ccccc3)N1C(=O)N(CCCN(C)C)C2=O. The molecule has 0 radical (unpaired) electrons. The topological polar surface area (TPSA) is 78.1 Å². The largest absolute Gasteiger partial charge is 0.491 e. The van der Waals surface area contributed by atoms with E-state index in [1.165, 1.54) is 4.90 Å². The monoisotopic (exact) mass is 504 g/mol. The lowest BCUT2D eigenvalue weighted by molar-refractivity contribution is -0.134. The number of carbonyl (C=O) groups is 2. The van der Waals surface area contributed by atoms with E-state index in [1.54, 1.807) is 7.11 Å². The van der Waals surface area contributed by atoms with Crippen LogP contribution in [0.1, 0.15) is 42.6 Å². The highest BCUT2D eigenvalue weighted by atomic mass is 16.5. The van der Waals surface area contributed by atoms with Crippen LogP contribution >= 0.6 is 0 Å². The Balaban J connectivity index is 1.62. The van der Waals surface area contributed by atoms with Gasteiger partial charge in [0.15, 0.2) is 0 Å². The molecule has 2 unspecified atom stereocenters. The Labute approximate surface area is 218 Å². The van der Waals surface area contributed by atoms with Crippen molar-refractivity contribution in [3.8, 4) is 5.75 Å². The number of fused-ring (bicyclic) bond motifs is 4. The first-order valence-corrected chi connectivity index (χ1v) is 13.0. The van der Waals surface area contributed by atoms with E-state index in [-0.39, 0.29) is 18.0 Å². The number of rotatable bonds is 10. The minimum Gasteiger partial charge on any atom is -0.491 e. The predicted octanol–water partition coefficient (Wildman–Crippen LogP) is 4.20. The highest BCUT2D eigenvalue weighted by molar-refractivity contribution is 6.08. The maximum Gasteiger partial charge on any atom is 0.328 e. The Bertz CT molecular complexity index is 1290. The summed E-state index contributed by atoms with van der Waals surface area (Å²) in [7, 11) is 5.65. The number of hydrogen-bond acceptors (Lipinski definition) is 5. The van der Waals surface area contributed by atoms with E-state index >= 15 is 0 Å². The van der Waals surface area contributed by atoms with Crippen molar-refractivity contribution in [2.24, 2.45) is 0 Å². The van der Waals surface area contributed by atoms with Gasteiger partial charge in [-0.15, -0.1) is 0 Å². The first-order valence-electron chi connectivity index (χ1n) is 13.0. The molecule has 5 rings (SSSR count). The highest BCUT2D eigenvalue weighted by Crippen LogP contribution is 2.50. The smallest absolute Gasteiger partial charge is 0.328 e. The molecule has 196 valence electrons. The Morgan fingerprint density at radius 2 is 1.89 bits per heavy atom. The second kappa shape index (κ2) is 10.2. The van der Waals surface area contributed by atoms with Gasteiger partial charge in [-0.3, -0.25) is 14.6 Å². The van der Waals surface area contributed by atoms with Crippen molar-refractivity contribution in [3.63, 3.8) is 0 Å². The molecule has 1 saturated heterocycles. The van der Waals surface area contributed by atoms with E-state index in [1.807, 2.05) is 74.4 Å². The number of aromatic nitrogens is 1. The standard InChI is InChI=1S/C29H36N4O4/c1-5-29-19-23-22-18-21(37-17-16-36-4)12-13-24(22)30-25(23)26(20-10-7-6-8-11-20)33(29)28(35)32(27(29)34)15-9-14-31(2)3/h6-8,10-13,18,26,30H,5,9,14-17,19H2,1-4H3. The molecule has 2 aromatic carbocycles. The number of H-pyrrole nitrogens is 1. The summed E-state index contributed by atoms with van der Waals surface area (Å²) in [5.74, 6) is 0.668. The first kappa shape index (κ1) is 25.3. The minimum absolute atomic E-state index is 0.0906. The van der Waals surface area contributed by atoms with Crippen LogP contribution in [-0.4, -0.2) is 84.7 Å². The van der Waals surface area contributed by atoms with Gasteiger partial charge in [-0.05, 0) is 62.8 Å². The first-order chi connectivity index (χ1) is 17.9. The molecule has 2 aliphatic rings. The molecule has 1 aromatic heterocycles. The van der Waals surface area contributed by atoms with Crippen LogP contribution in [-0.2, 0) is 16.0 Å². The van der Waals surface area contributed by atoms with Gasteiger partial charge < -0.3 is 19.4 Å². The van der Waals surface area contributed by atoms with E-state index in [0.717, 1.165) is 46.4 Å². The molecule has 0 bridgehead atoms. The number of hydrogen-bond donors (Lipinski definition) is 1. The average molecular weight is 505 g/mol. The van der Waals surface area contributed by atoms with Gasteiger partial charge in [-0.1, -0.05) is 37.3 Å². The van der Waals surface area contributed by atoms with Gasteiger partial charge in [0.1, 0.15) is 23.9 Å². The summed E-state index contributed by atoms with van der Waals surface area (Å²) in [6.45, 7) is 4.22. The van der Waals surface area contributed by atoms with Crippen molar-refractivity contribution >= 4 is 22.8 Å². The fourth-order valence-corrected chi connectivity index (χ4v) is 5.84. The van der Waals surface area contributed by atoms with Gasteiger partial charge in [0.05, 0.1) is 6.61 Å². The maximum absolute atomic E-state index is 14.1. The molecule has 8 heteroatoms. The molecule has 37 heavy (non-hydrogen) atoms. The van der Waals surface area contributed by atoms with Crippen LogP contribution in [0.5, 0.6) is 5.75 Å². The highest BCUT2D eigenvalue weighted by Gasteiger charge is 2.61. The number of nitrogens with one attached hydrogen (secondary N) is 1. The van der Waals surface area contributed by atoms with Crippen molar-refractivity contribution in [3.05, 3.63) is 65.4 Å². The number of amides is 3. The molecule has 8 nitrogen and oxygen atoms in total. The van der Waals surface area contributed by atoms with Gasteiger partial charge in [-0.2, -0.15) is 0 Å². The van der Waals surface area contributed by atoms with E-state index in [4.69, 9.17) is 9.47 Å². The van der Waals surface area contributed by atoms with Gasteiger partial charge in [0.25, 0.3) is 5.91 Å². The second-order valence-corrected chi connectivity index (χ2v) is 10.2. The third-order valence-electron chi connectivity index (χ3n) is 7.70. The number of nitrogens with zero attached hydrogens (tertiary/aromatic N) is 3. The normalized spacial score (nSPS) is 21.2. The van der Waals surface area contributed by atoms with Crippen LogP contribution < -0.4 is 4.74 Å². The van der Waals surface area contributed by atoms with Gasteiger partial charge in [-0.25, -0.2) is 4.79 Å². The lowest BCUT2D eigenvalue weighted by atomic mass is 9.78. The molecule has 0 spiro atoms. The molecule has 1 fully saturated rings. The van der Waals surface area contributed by atoms with Gasteiger partial charge in [0.2, 0.25) is 0 Å². The fourth-order valence-electron chi connectivity index (χ4n) is 5.84. The molecule has 2 atom stereocenters. The molecule has 0 aliphatic carbocycles. The lowest BCUT2D eigenvalue weighted by Gasteiger charge is -2.44. The predicted molar refractivity (Wildman–Crippen MR) is 143 cm³/mol. The Morgan fingerprint density at radius 3 is 2.59 bits per heavy atom. The van der Waals surface area contributed by atoms with E-state index < -0.39 is 5.54 Å². The average Bonchev–Trinajstić information content (AvgIpc) is 3.36. The zero-order valence-corrected chi connectivity index (χ0v) is 22.1. The number of methoxy groups -OCH3 is 1. The summed E-state index contributed by atoms with van der Waals surface area (Å²) in [6.07, 6.45) is 1.75. The molecule has 3 amide bonds. The van der Waals surface area contributed by atoms with Crippen molar-refractivity contribution < 1.29 is 19.1 Å². The molecule has 1 N–H and O–H groups in total. The maximum atomic E-state index is 14.1. The fraction of sp³-hybridized carbons (Fsp3) is 0.448. The third kappa shape index (κ3) is 4.28. The number of urea groups is 1. The van der Waals surface area contributed by atoms with Gasteiger partial charge >= 0.3 is 6.03 Å². The lowest BCUT2D eigenvalue weighted by Crippen LogP contribution is -2.55. The van der Waals surface area contributed by atoms with Crippen molar-refractivity contribution in [1.82, 2.24) is 19.7 Å². The summed E-state index contributed by atoms with van der Waals surface area (Å²) >= 11 is 0. The number of carbonyl (C=O) groups excluding carboxylic acids is 2. The molecule has 3 aromatic rings. The van der Waals surface area contributed by atoms with Crippen LogP contribution in [0.4, 0.5) is 4.79 Å². The van der Waals surface area contributed by atoms with E-state index in [2.05, 4.69) is 9.88 Å². The Kier molecular flexibility index (Phi) is 6.96. The van der Waals surface area contributed by atoms with Gasteiger partial charge in [0, 0.05) is 36.7 Å². The van der Waals surface area contributed by atoms with Crippen LogP contribution in [0.2, 0.25) is 0 Å². The van der Waals surface area contributed by atoms with Crippen LogP contribution in [0.15, 0.2) is 48.5 Å². The third-order valence-corrected chi connectivity index (χ3v) is 7.70. The van der Waals surface area contributed by atoms with E-state index in [0.29, 0.717) is 32.6 Å². The van der Waals surface area contributed by atoms with Crippen molar-refractivity contribution in [2.45, 2.75) is 37.8 Å².